The molecule has 5 rings (SSSR count). The summed E-state index contributed by atoms with van der Waals surface area (Å²) in [6, 6.07) is 29.3. The van der Waals surface area contributed by atoms with Gasteiger partial charge in [0.1, 0.15) is 0 Å². The quantitative estimate of drug-likeness (QED) is 0.284. The minimum absolute atomic E-state index is 1.34. The van der Waals surface area contributed by atoms with Gasteiger partial charge < -0.3 is 0 Å². The molecule has 1 fully saturated rings. The molecule has 0 amide bonds. The second-order valence-corrected chi connectivity index (χ2v) is 8.18. The number of hydrogen-bond donors (Lipinski definition) is 0. The van der Waals surface area contributed by atoms with Crippen molar-refractivity contribution in [3.05, 3.63) is 84.9 Å². The van der Waals surface area contributed by atoms with Gasteiger partial charge in [-0.1, -0.05) is 36.4 Å². The maximum atomic E-state index is 2.24. The second kappa shape index (κ2) is 9.78. The van der Waals surface area contributed by atoms with E-state index in [-0.39, 0.29) is 0 Å². The molecule has 0 aromatic heterocycles. The first-order chi connectivity index (χ1) is 12.3. The number of hydrogen-bond acceptors (Lipinski definition) is 0. The molecular formula is C24H24Zr. The summed E-state index contributed by atoms with van der Waals surface area (Å²) < 4.78 is 1.80. The standard InChI is InChI=1S/C13H9.C6H10.C5H5.Zr/c1-3-7-12-10(5-1)9-11-6-2-4-8-13(11)12;1-2-4-6-5-3-1;1-2-4-5-3-1;/h1-9H;1-5H2;1-5H;/q-1;;-1;+2. The Labute approximate surface area is 165 Å². The minimum atomic E-state index is 1.34. The Bertz CT molecular complexity index is 821. The van der Waals surface area contributed by atoms with Crippen molar-refractivity contribution >= 4 is 24.8 Å². The van der Waals surface area contributed by atoms with Crippen molar-refractivity contribution in [1.29, 1.82) is 0 Å². The first kappa shape index (κ1) is 18.2. The molecule has 0 unspecified atom stereocenters. The molecule has 1 saturated carbocycles. The molecule has 25 heavy (non-hydrogen) atoms. The second-order valence-electron chi connectivity index (χ2n) is 6.45. The van der Waals surface area contributed by atoms with Gasteiger partial charge in [-0.05, 0) is 0 Å². The fourth-order valence-corrected chi connectivity index (χ4v) is 4.07. The van der Waals surface area contributed by atoms with E-state index in [4.69, 9.17) is 0 Å². The molecular weight excluding hydrogens is 379 g/mol. The smallest absolute Gasteiger partial charge is 0.0771 e. The fourth-order valence-electron chi connectivity index (χ4n) is 3.20. The van der Waals surface area contributed by atoms with Crippen LogP contribution in [0, 0.1) is 0 Å². The maximum Gasteiger partial charge on any atom is -0.0771 e. The Hall–Kier alpha value is -1.59. The fraction of sp³-hybridized carbons (Fsp3) is 0.208. The van der Waals surface area contributed by atoms with Gasteiger partial charge in [-0.15, -0.1) is 39.7 Å². The van der Waals surface area contributed by atoms with Crippen molar-refractivity contribution in [2.24, 2.45) is 0 Å². The van der Waals surface area contributed by atoms with E-state index in [2.05, 4.69) is 54.6 Å². The normalized spacial score (nSPS) is 13.8. The Balaban J connectivity index is 0.000000127. The van der Waals surface area contributed by atoms with Gasteiger partial charge >= 0.3 is 59.5 Å². The zero-order chi connectivity index (χ0) is 17.3. The van der Waals surface area contributed by atoms with Gasteiger partial charge in [0, 0.05) is 0 Å². The number of fused-ring (bicyclic) bond motifs is 3. The van der Waals surface area contributed by atoms with E-state index in [1.165, 1.54) is 53.6 Å². The molecule has 0 atom stereocenters. The molecule has 0 nitrogen and oxygen atoms in total. The van der Waals surface area contributed by atoms with Gasteiger partial charge in [0.15, 0.2) is 0 Å². The molecule has 1 heteroatoms. The molecule has 4 aromatic rings. The van der Waals surface area contributed by atoms with Crippen molar-refractivity contribution in [3.63, 3.8) is 0 Å². The van der Waals surface area contributed by atoms with Gasteiger partial charge in [0.25, 0.3) is 0 Å². The summed E-state index contributed by atoms with van der Waals surface area (Å²) in [5.41, 5.74) is 0. The van der Waals surface area contributed by atoms with Gasteiger partial charge in [-0.25, -0.2) is 12.1 Å². The van der Waals surface area contributed by atoms with Crippen molar-refractivity contribution in [3.8, 4) is 0 Å². The van der Waals surface area contributed by atoms with E-state index >= 15 is 0 Å². The van der Waals surface area contributed by atoms with E-state index in [0.717, 1.165) is 0 Å². The van der Waals surface area contributed by atoms with Crippen LogP contribution in [0.15, 0.2) is 84.9 Å². The Morgan fingerprint density at radius 3 is 1.56 bits per heavy atom. The SMILES string of the molecule is [Zr+2]=[C]1CCCCC1.c1cc[cH-]c1.c1ccc2c(c1)[cH-]c1ccccc12. The molecule has 0 N–H and O–H groups in total. The molecule has 1 aliphatic carbocycles. The third-order valence-electron chi connectivity index (χ3n) is 4.54. The average molecular weight is 404 g/mol. The van der Waals surface area contributed by atoms with Crippen LogP contribution in [-0.2, 0) is 24.2 Å². The summed E-state index contributed by atoms with van der Waals surface area (Å²) in [6.07, 6.45) is 7.32. The summed E-state index contributed by atoms with van der Waals surface area (Å²) in [6.45, 7) is 0. The largest absolute Gasteiger partial charge is 0.214 e. The summed E-state index contributed by atoms with van der Waals surface area (Å²) in [7, 11) is 0. The van der Waals surface area contributed by atoms with E-state index in [1.54, 1.807) is 27.4 Å². The summed E-state index contributed by atoms with van der Waals surface area (Å²) in [4.78, 5) is 0. The summed E-state index contributed by atoms with van der Waals surface area (Å²) >= 11 is 1.69. The molecule has 4 aromatic carbocycles. The van der Waals surface area contributed by atoms with E-state index in [9.17, 15) is 0 Å². The molecule has 0 radical (unpaired) electrons. The zero-order valence-corrected chi connectivity index (χ0v) is 17.1. The molecule has 0 saturated heterocycles. The Morgan fingerprint density at radius 2 is 1.16 bits per heavy atom. The summed E-state index contributed by atoms with van der Waals surface area (Å²) in [5.74, 6) is 0. The molecule has 124 valence electrons. The van der Waals surface area contributed by atoms with Crippen LogP contribution in [0.3, 0.4) is 0 Å². The zero-order valence-electron chi connectivity index (χ0n) is 14.6. The van der Waals surface area contributed by atoms with Crippen LogP contribution in [-0.4, -0.2) is 3.21 Å². The summed E-state index contributed by atoms with van der Waals surface area (Å²) in [5, 5.41) is 5.39. The van der Waals surface area contributed by atoms with Gasteiger partial charge in [-0.3, -0.25) is 0 Å². The van der Waals surface area contributed by atoms with Crippen molar-refractivity contribution < 1.29 is 24.2 Å². The van der Waals surface area contributed by atoms with Gasteiger partial charge in [0.2, 0.25) is 0 Å². The predicted octanol–water partition coefficient (Wildman–Crippen LogP) is 6.79. The molecule has 0 aliphatic heterocycles. The third kappa shape index (κ3) is 5.45. The van der Waals surface area contributed by atoms with Crippen LogP contribution in [0.4, 0.5) is 0 Å². The first-order valence-electron chi connectivity index (χ1n) is 9.11. The van der Waals surface area contributed by atoms with Crippen LogP contribution in [0.1, 0.15) is 32.1 Å². The van der Waals surface area contributed by atoms with Crippen molar-refractivity contribution in [2.75, 3.05) is 0 Å². The van der Waals surface area contributed by atoms with Gasteiger partial charge in [0.05, 0.1) is 0 Å². The van der Waals surface area contributed by atoms with Crippen molar-refractivity contribution in [2.45, 2.75) is 32.1 Å². The van der Waals surface area contributed by atoms with E-state index in [1.807, 2.05) is 30.3 Å². The maximum absolute atomic E-state index is 2.24. The topological polar surface area (TPSA) is 0 Å². The Morgan fingerprint density at radius 1 is 0.640 bits per heavy atom. The van der Waals surface area contributed by atoms with E-state index < -0.39 is 0 Å². The van der Waals surface area contributed by atoms with Crippen LogP contribution >= 0.6 is 0 Å². The van der Waals surface area contributed by atoms with Gasteiger partial charge in [-0.2, -0.15) is 18.2 Å². The van der Waals surface area contributed by atoms with Crippen LogP contribution in [0.2, 0.25) is 0 Å². The Kier molecular flexibility index (Phi) is 7.13. The molecule has 1 aliphatic rings. The van der Waals surface area contributed by atoms with Crippen LogP contribution in [0.5, 0.6) is 0 Å². The monoisotopic (exact) mass is 402 g/mol. The molecule has 0 spiro atoms. The minimum Gasteiger partial charge on any atom is -0.214 e. The van der Waals surface area contributed by atoms with E-state index in [0.29, 0.717) is 0 Å². The molecule has 0 bridgehead atoms. The predicted molar refractivity (Wildman–Crippen MR) is 107 cm³/mol. The van der Waals surface area contributed by atoms with Crippen molar-refractivity contribution in [1.82, 2.24) is 0 Å². The van der Waals surface area contributed by atoms with Crippen LogP contribution < -0.4 is 0 Å². The molecule has 0 heterocycles. The average Bonchev–Trinajstić information content (AvgIpc) is 3.34. The third-order valence-corrected chi connectivity index (χ3v) is 5.76. The first-order valence-corrected chi connectivity index (χ1v) is 10.3. The van der Waals surface area contributed by atoms with Crippen LogP contribution in [0.25, 0.3) is 21.5 Å². The number of benzene rings is 2. The number of rotatable bonds is 0.